The van der Waals surface area contributed by atoms with Gasteiger partial charge in [-0.1, -0.05) is 18.0 Å². The van der Waals surface area contributed by atoms with Crippen LogP contribution in [0.5, 0.6) is 5.75 Å². The molecule has 1 amide bonds. The van der Waals surface area contributed by atoms with Gasteiger partial charge in [0.25, 0.3) is 0 Å². The van der Waals surface area contributed by atoms with E-state index in [9.17, 15) is 13.2 Å². The predicted molar refractivity (Wildman–Crippen MR) is 102 cm³/mol. The lowest BCUT2D eigenvalue weighted by atomic mass is 9.95. The molecule has 3 rings (SSSR count). The minimum Gasteiger partial charge on any atom is -0.495 e. The van der Waals surface area contributed by atoms with Gasteiger partial charge in [0, 0.05) is 6.04 Å². The molecule has 0 aliphatic heterocycles. The number of methoxy groups -OCH3 is 1. The van der Waals surface area contributed by atoms with E-state index in [0.29, 0.717) is 28.3 Å². The van der Waals surface area contributed by atoms with Crippen LogP contribution in [0.3, 0.4) is 0 Å². The largest absolute Gasteiger partial charge is 0.495 e. The molecular weight excluding hydrogens is 376 g/mol. The molecule has 1 N–H and O–H groups in total. The lowest BCUT2D eigenvalue weighted by Crippen LogP contribution is -2.51. The Bertz CT molecular complexity index is 798. The molecule has 144 valence electrons. The van der Waals surface area contributed by atoms with Crippen LogP contribution in [-0.4, -0.2) is 39.8 Å². The predicted octanol–water partition coefficient (Wildman–Crippen LogP) is 2.81. The van der Waals surface area contributed by atoms with Gasteiger partial charge < -0.3 is 10.1 Å². The van der Waals surface area contributed by atoms with E-state index < -0.39 is 16.1 Å². The van der Waals surface area contributed by atoms with Gasteiger partial charge in [0.15, 0.2) is 0 Å². The molecule has 8 heteroatoms. The number of nitrogens with zero attached hydrogens (tertiary/aromatic N) is 1. The van der Waals surface area contributed by atoms with Crippen molar-refractivity contribution < 1.29 is 17.9 Å². The third-order valence-electron chi connectivity index (χ3n) is 5.54. The minimum atomic E-state index is -3.67. The highest BCUT2D eigenvalue weighted by atomic mass is 35.5. The summed E-state index contributed by atoms with van der Waals surface area (Å²) >= 11 is 6.14. The molecule has 6 nitrogen and oxygen atoms in total. The maximum Gasteiger partial charge on any atom is 0.243 e. The summed E-state index contributed by atoms with van der Waals surface area (Å²) in [5.41, 5.74) is 0.342. The highest BCUT2D eigenvalue weighted by molar-refractivity contribution is 7.92. The number of benzene rings is 1. The van der Waals surface area contributed by atoms with Crippen LogP contribution in [0.4, 0.5) is 5.69 Å². The van der Waals surface area contributed by atoms with E-state index in [-0.39, 0.29) is 11.9 Å². The Morgan fingerprint density at radius 3 is 2.58 bits per heavy atom. The maximum absolute atomic E-state index is 12.8. The zero-order valence-corrected chi connectivity index (χ0v) is 16.8. The maximum atomic E-state index is 12.8. The SMILES string of the molecule is COc1ccc(N([C@H](C)C(=O)N[C@H]2C[C@H]3CC[C@H]2C3)S(C)(=O)=O)cc1Cl. The van der Waals surface area contributed by atoms with Gasteiger partial charge in [-0.05, 0) is 56.2 Å². The summed E-state index contributed by atoms with van der Waals surface area (Å²) in [5.74, 6) is 1.40. The van der Waals surface area contributed by atoms with Crippen molar-refractivity contribution in [1.82, 2.24) is 5.32 Å². The monoisotopic (exact) mass is 400 g/mol. The average Bonchev–Trinajstić information content (AvgIpc) is 3.16. The van der Waals surface area contributed by atoms with Gasteiger partial charge in [0.1, 0.15) is 11.8 Å². The van der Waals surface area contributed by atoms with Crippen molar-refractivity contribution in [3.63, 3.8) is 0 Å². The Kier molecular flexibility index (Phi) is 5.40. The second-order valence-electron chi connectivity index (χ2n) is 7.34. The van der Waals surface area contributed by atoms with Crippen LogP contribution in [0, 0.1) is 11.8 Å². The van der Waals surface area contributed by atoms with Crippen LogP contribution in [-0.2, 0) is 14.8 Å². The van der Waals surface area contributed by atoms with Crippen molar-refractivity contribution in [1.29, 1.82) is 0 Å². The number of ether oxygens (including phenoxy) is 1. The van der Waals surface area contributed by atoms with E-state index in [1.807, 2.05) is 0 Å². The Morgan fingerprint density at radius 2 is 2.08 bits per heavy atom. The quantitative estimate of drug-likeness (QED) is 0.796. The number of anilines is 1. The van der Waals surface area contributed by atoms with Crippen LogP contribution in [0.15, 0.2) is 18.2 Å². The van der Waals surface area contributed by atoms with Gasteiger partial charge in [0.05, 0.1) is 24.1 Å². The molecule has 2 aliphatic carbocycles. The van der Waals surface area contributed by atoms with Gasteiger partial charge in [-0.15, -0.1) is 0 Å². The van der Waals surface area contributed by atoms with Gasteiger partial charge in [0.2, 0.25) is 15.9 Å². The van der Waals surface area contributed by atoms with Crippen molar-refractivity contribution in [2.45, 2.75) is 44.7 Å². The summed E-state index contributed by atoms with van der Waals surface area (Å²) in [6.07, 6.45) is 5.65. The molecule has 1 aromatic carbocycles. The Labute approximate surface area is 159 Å². The lowest BCUT2D eigenvalue weighted by Gasteiger charge is -2.31. The number of nitrogens with one attached hydrogen (secondary N) is 1. The van der Waals surface area contributed by atoms with Crippen LogP contribution in [0.25, 0.3) is 0 Å². The third kappa shape index (κ3) is 3.78. The highest BCUT2D eigenvalue weighted by Crippen LogP contribution is 2.44. The van der Waals surface area contributed by atoms with Crippen molar-refractivity contribution in [3.05, 3.63) is 23.2 Å². The smallest absolute Gasteiger partial charge is 0.243 e. The summed E-state index contributed by atoms with van der Waals surface area (Å²) in [7, 11) is -2.18. The fraction of sp³-hybridized carbons (Fsp3) is 0.611. The average molecular weight is 401 g/mol. The first-order chi connectivity index (χ1) is 12.2. The van der Waals surface area contributed by atoms with E-state index in [1.165, 1.54) is 26.0 Å². The molecule has 2 saturated carbocycles. The van der Waals surface area contributed by atoms with E-state index in [2.05, 4.69) is 5.32 Å². The Balaban J connectivity index is 1.81. The van der Waals surface area contributed by atoms with Crippen LogP contribution in [0.2, 0.25) is 5.02 Å². The number of halogens is 1. The summed E-state index contributed by atoms with van der Waals surface area (Å²) in [4.78, 5) is 12.8. The number of sulfonamides is 1. The van der Waals surface area contributed by atoms with Gasteiger partial charge in [-0.2, -0.15) is 0 Å². The van der Waals surface area contributed by atoms with Gasteiger partial charge in [-0.25, -0.2) is 8.42 Å². The number of hydrogen-bond donors (Lipinski definition) is 1. The summed E-state index contributed by atoms with van der Waals surface area (Å²) < 4.78 is 31.0. The van der Waals surface area contributed by atoms with E-state index >= 15 is 0 Å². The molecule has 26 heavy (non-hydrogen) atoms. The van der Waals surface area contributed by atoms with Crippen molar-refractivity contribution in [2.24, 2.45) is 11.8 Å². The van der Waals surface area contributed by atoms with E-state index in [1.54, 1.807) is 19.1 Å². The van der Waals surface area contributed by atoms with Gasteiger partial charge in [-0.3, -0.25) is 9.10 Å². The molecule has 0 spiro atoms. The molecule has 1 aromatic rings. The topological polar surface area (TPSA) is 75.7 Å². The molecule has 0 aromatic heterocycles. The minimum absolute atomic E-state index is 0.157. The Morgan fingerprint density at radius 1 is 1.35 bits per heavy atom. The standard InChI is InChI=1S/C18H25ClN2O4S/c1-11(18(22)20-16-9-12-4-5-13(16)8-12)21(26(3,23)24)14-6-7-17(25-2)15(19)10-14/h6-7,10-13,16H,4-5,8-9H2,1-3H3,(H,20,22)/t11-,12+,13+,16+/m1/s1. The summed E-state index contributed by atoms with van der Waals surface area (Å²) in [6.45, 7) is 1.60. The lowest BCUT2D eigenvalue weighted by molar-refractivity contribution is -0.122. The number of fused-ring (bicyclic) bond motifs is 2. The number of carbonyl (C=O) groups excluding carboxylic acids is 1. The first kappa shape index (κ1) is 19.3. The second-order valence-corrected chi connectivity index (χ2v) is 9.61. The number of amides is 1. The highest BCUT2D eigenvalue weighted by Gasteiger charge is 2.41. The molecule has 0 unspecified atom stereocenters. The second kappa shape index (κ2) is 7.27. The fourth-order valence-corrected chi connectivity index (χ4v) is 5.74. The van der Waals surface area contributed by atoms with Crippen LogP contribution < -0.4 is 14.4 Å². The Hall–Kier alpha value is -1.47. The normalized spacial score (nSPS) is 25.8. The van der Waals surface area contributed by atoms with E-state index in [4.69, 9.17) is 16.3 Å². The fourth-order valence-electron chi connectivity index (χ4n) is 4.33. The van der Waals surface area contributed by atoms with Crippen molar-refractivity contribution in [3.8, 4) is 5.75 Å². The molecule has 0 saturated heterocycles. The van der Waals surface area contributed by atoms with Crippen LogP contribution in [0.1, 0.15) is 32.6 Å². The summed E-state index contributed by atoms with van der Waals surface area (Å²) in [6, 6.07) is 3.98. The summed E-state index contributed by atoms with van der Waals surface area (Å²) in [5, 5.41) is 3.36. The first-order valence-electron chi connectivity index (χ1n) is 8.84. The van der Waals surface area contributed by atoms with E-state index in [0.717, 1.165) is 23.4 Å². The molecule has 2 aliphatic rings. The number of hydrogen-bond acceptors (Lipinski definition) is 4. The molecule has 2 bridgehead atoms. The third-order valence-corrected chi connectivity index (χ3v) is 7.08. The molecule has 0 heterocycles. The van der Waals surface area contributed by atoms with Gasteiger partial charge >= 0.3 is 0 Å². The molecule has 4 atom stereocenters. The number of rotatable bonds is 6. The molecule has 2 fully saturated rings. The molecular formula is C18H25ClN2O4S. The van der Waals surface area contributed by atoms with Crippen molar-refractivity contribution in [2.75, 3.05) is 17.7 Å². The first-order valence-corrected chi connectivity index (χ1v) is 11.1. The van der Waals surface area contributed by atoms with Crippen molar-refractivity contribution >= 4 is 33.2 Å². The zero-order chi connectivity index (χ0) is 19.1. The zero-order valence-electron chi connectivity index (χ0n) is 15.2. The van der Waals surface area contributed by atoms with Crippen LogP contribution >= 0.6 is 11.6 Å². The molecule has 0 radical (unpaired) electrons. The number of carbonyl (C=O) groups is 1.